The molecular formula is C13H19NO7S. The molecule has 0 aliphatic carbocycles. The smallest absolute Gasteiger partial charge is 0.459 e. The van der Waals surface area contributed by atoms with Gasteiger partial charge in [0, 0.05) is 5.75 Å². The fourth-order valence-corrected chi connectivity index (χ4v) is 1.87. The van der Waals surface area contributed by atoms with Gasteiger partial charge >= 0.3 is 17.1 Å². The predicted molar refractivity (Wildman–Crippen MR) is 78.4 cm³/mol. The molecule has 0 aliphatic heterocycles. The van der Waals surface area contributed by atoms with Crippen molar-refractivity contribution < 1.29 is 27.9 Å². The van der Waals surface area contributed by atoms with Crippen LogP contribution in [0.1, 0.15) is 32.3 Å². The van der Waals surface area contributed by atoms with Crippen molar-refractivity contribution in [1.82, 2.24) is 0 Å². The molecule has 0 saturated heterocycles. The van der Waals surface area contributed by atoms with Crippen LogP contribution in [-0.4, -0.2) is 28.7 Å². The van der Waals surface area contributed by atoms with Gasteiger partial charge in [-0.1, -0.05) is 0 Å². The Morgan fingerprint density at radius 3 is 2.45 bits per heavy atom. The highest BCUT2D eigenvalue weighted by Crippen LogP contribution is 2.14. The van der Waals surface area contributed by atoms with E-state index in [-0.39, 0.29) is 23.9 Å². The first kappa shape index (κ1) is 18.3. The molecular weight excluding hydrogens is 314 g/mol. The molecule has 0 radical (unpaired) electrons. The summed E-state index contributed by atoms with van der Waals surface area (Å²) < 4.78 is 19.3. The van der Waals surface area contributed by atoms with Gasteiger partial charge in [-0.2, -0.15) is 0 Å². The van der Waals surface area contributed by atoms with Crippen LogP contribution in [-0.2, 0) is 20.9 Å². The van der Waals surface area contributed by atoms with E-state index >= 15 is 0 Å². The number of carbonyl (C=O) groups excluding carboxylic acids is 2. The number of carbonyl (C=O) groups is 2. The summed E-state index contributed by atoms with van der Waals surface area (Å²) in [5.41, 5.74) is 4.99. The Labute approximate surface area is 131 Å². The maximum atomic E-state index is 11.6. The summed E-state index contributed by atoms with van der Waals surface area (Å²) in [5, 5.41) is -0.651. The molecule has 0 aliphatic rings. The van der Waals surface area contributed by atoms with Crippen LogP contribution in [0.2, 0.25) is 0 Å². The normalized spacial score (nSPS) is 12.8. The second kappa shape index (κ2) is 7.50. The fourth-order valence-electron chi connectivity index (χ4n) is 1.28. The highest BCUT2D eigenvalue weighted by atomic mass is 32.2. The minimum absolute atomic E-state index is 0.0159. The van der Waals surface area contributed by atoms with Crippen LogP contribution in [0, 0.1) is 6.92 Å². The second-order valence-electron chi connectivity index (χ2n) is 5.42. The Balaban J connectivity index is 2.35. The molecule has 0 bridgehead atoms. The number of hydrogen-bond donors (Lipinski definition) is 1. The van der Waals surface area contributed by atoms with E-state index < -0.39 is 28.7 Å². The molecule has 1 rings (SSSR count). The topological polar surface area (TPSA) is 122 Å². The van der Waals surface area contributed by atoms with E-state index in [1.165, 1.54) is 6.92 Å². The van der Waals surface area contributed by atoms with E-state index in [1.54, 1.807) is 20.8 Å². The first-order chi connectivity index (χ1) is 10.1. The van der Waals surface area contributed by atoms with Crippen molar-refractivity contribution in [1.29, 1.82) is 0 Å². The number of thioether (sulfide) groups is 1. The molecule has 124 valence electrons. The van der Waals surface area contributed by atoms with Gasteiger partial charge in [0.2, 0.25) is 0 Å². The Kier molecular flexibility index (Phi) is 6.24. The van der Waals surface area contributed by atoms with Crippen molar-refractivity contribution in [3.8, 4) is 0 Å². The van der Waals surface area contributed by atoms with Gasteiger partial charge in [0.1, 0.15) is 11.6 Å². The first-order valence-corrected chi connectivity index (χ1v) is 7.44. The summed E-state index contributed by atoms with van der Waals surface area (Å²) in [6.07, 6.45) is 0. The molecule has 8 nitrogen and oxygen atoms in total. The van der Waals surface area contributed by atoms with Crippen LogP contribution in [0.25, 0.3) is 0 Å². The SMILES string of the molecule is Cc1oc(=O)oc1COC(=O)SC[C@H](N)C(=O)OC(C)(C)C. The van der Waals surface area contributed by atoms with Gasteiger partial charge in [0.15, 0.2) is 18.1 Å². The predicted octanol–water partition coefficient (Wildman–Crippen LogP) is 1.58. The molecule has 2 N–H and O–H groups in total. The van der Waals surface area contributed by atoms with Crippen LogP contribution in [0.15, 0.2) is 13.6 Å². The first-order valence-electron chi connectivity index (χ1n) is 6.46. The average Bonchev–Trinajstić information content (AvgIpc) is 2.69. The zero-order chi connectivity index (χ0) is 16.9. The Hall–Kier alpha value is -1.74. The zero-order valence-corrected chi connectivity index (χ0v) is 13.7. The highest BCUT2D eigenvalue weighted by Gasteiger charge is 2.23. The molecule has 1 aromatic rings. The molecule has 0 aromatic carbocycles. The number of nitrogens with two attached hydrogens (primary N) is 1. The van der Waals surface area contributed by atoms with Crippen LogP contribution in [0.3, 0.4) is 0 Å². The number of esters is 1. The lowest BCUT2D eigenvalue weighted by atomic mass is 10.2. The quantitative estimate of drug-likeness (QED) is 0.800. The van der Waals surface area contributed by atoms with E-state index in [2.05, 4.69) is 8.83 Å². The summed E-state index contributed by atoms with van der Waals surface area (Å²) in [6.45, 7) is 6.45. The van der Waals surface area contributed by atoms with Crippen molar-refractivity contribution >= 4 is 23.0 Å². The van der Waals surface area contributed by atoms with Gasteiger partial charge in [-0.05, 0) is 39.5 Å². The van der Waals surface area contributed by atoms with Crippen molar-refractivity contribution in [2.75, 3.05) is 5.75 Å². The van der Waals surface area contributed by atoms with E-state index in [0.717, 1.165) is 11.8 Å². The minimum atomic E-state index is -0.939. The summed E-state index contributed by atoms with van der Waals surface area (Å²) in [4.78, 5) is 34.0. The van der Waals surface area contributed by atoms with Gasteiger partial charge in [-0.15, -0.1) is 0 Å². The summed E-state index contributed by atoms with van der Waals surface area (Å²) in [7, 11) is 0. The molecule has 1 aromatic heterocycles. The standard InChI is InChI=1S/C13H19NO7S/c1-7-9(20-11(16)19-7)5-18-12(17)22-6-8(14)10(15)21-13(2,3)4/h8H,5-6,14H2,1-4H3/t8-/m0/s1. The van der Waals surface area contributed by atoms with Gasteiger partial charge in [-0.3, -0.25) is 4.79 Å². The molecule has 1 heterocycles. The molecule has 0 unspecified atom stereocenters. The third kappa shape index (κ3) is 6.35. The molecule has 9 heteroatoms. The van der Waals surface area contributed by atoms with Crippen LogP contribution >= 0.6 is 11.8 Å². The number of hydrogen-bond acceptors (Lipinski definition) is 9. The number of rotatable bonds is 5. The van der Waals surface area contributed by atoms with Crippen molar-refractivity contribution in [3.63, 3.8) is 0 Å². The maximum Gasteiger partial charge on any atom is 0.519 e. The summed E-state index contributed by atoms with van der Waals surface area (Å²) >= 11 is 0.733. The van der Waals surface area contributed by atoms with Crippen molar-refractivity contribution in [3.05, 3.63) is 22.1 Å². The van der Waals surface area contributed by atoms with Crippen molar-refractivity contribution in [2.24, 2.45) is 5.73 Å². The van der Waals surface area contributed by atoms with Gasteiger partial charge < -0.3 is 24.0 Å². The molecule has 1 atom stereocenters. The Morgan fingerprint density at radius 1 is 1.32 bits per heavy atom. The van der Waals surface area contributed by atoms with E-state index in [1.807, 2.05) is 0 Å². The lowest BCUT2D eigenvalue weighted by molar-refractivity contribution is -0.155. The summed E-state index contributed by atoms with van der Waals surface area (Å²) in [6, 6.07) is -0.939. The lowest BCUT2D eigenvalue weighted by Gasteiger charge is -2.21. The number of ether oxygens (including phenoxy) is 2. The van der Waals surface area contributed by atoms with Gasteiger partial charge in [0.05, 0.1) is 0 Å². The molecule has 22 heavy (non-hydrogen) atoms. The second-order valence-corrected chi connectivity index (χ2v) is 6.38. The van der Waals surface area contributed by atoms with E-state index in [4.69, 9.17) is 15.2 Å². The third-order valence-electron chi connectivity index (χ3n) is 2.25. The maximum absolute atomic E-state index is 11.6. The van der Waals surface area contributed by atoms with Crippen LogP contribution in [0.4, 0.5) is 4.79 Å². The lowest BCUT2D eigenvalue weighted by Crippen LogP contribution is -2.39. The molecule has 0 saturated carbocycles. The van der Waals surface area contributed by atoms with Crippen molar-refractivity contribution in [2.45, 2.75) is 45.9 Å². The third-order valence-corrected chi connectivity index (χ3v) is 3.13. The van der Waals surface area contributed by atoms with Gasteiger partial charge in [-0.25, -0.2) is 9.59 Å². The Morgan fingerprint density at radius 2 is 1.95 bits per heavy atom. The van der Waals surface area contributed by atoms with Crippen LogP contribution in [0.5, 0.6) is 0 Å². The van der Waals surface area contributed by atoms with Crippen LogP contribution < -0.4 is 11.6 Å². The minimum Gasteiger partial charge on any atom is -0.459 e. The fraction of sp³-hybridized carbons (Fsp3) is 0.615. The largest absolute Gasteiger partial charge is 0.519 e. The van der Waals surface area contributed by atoms with Gasteiger partial charge in [0.25, 0.3) is 0 Å². The number of aryl methyl sites for hydroxylation is 1. The zero-order valence-electron chi connectivity index (χ0n) is 12.8. The highest BCUT2D eigenvalue weighted by molar-refractivity contribution is 8.13. The van der Waals surface area contributed by atoms with E-state index in [9.17, 15) is 14.4 Å². The van der Waals surface area contributed by atoms with E-state index in [0.29, 0.717) is 0 Å². The molecule has 0 amide bonds. The Bertz CT molecular complexity index is 584. The molecule has 0 spiro atoms. The summed E-state index contributed by atoms with van der Waals surface area (Å²) in [5.74, 6) is -1.06. The monoisotopic (exact) mass is 333 g/mol. The average molecular weight is 333 g/mol. The molecule has 0 fully saturated rings.